The fourth-order valence-corrected chi connectivity index (χ4v) is 2.41. The van der Waals surface area contributed by atoms with Gasteiger partial charge in [0.05, 0.1) is 15.5 Å². The number of amides is 1. The number of non-ortho nitro benzene ring substituents is 1. The van der Waals surface area contributed by atoms with Gasteiger partial charge in [0.2, 0.25) is 0 Å². The number of benzene rings is 2. The summed E-state index contributed by atoms with van der Waals surface area (Å²) < 4.78 is 4.96. The first-order chi connectivity index (χ1) is 12.3. The number of nitrogens with zero attached hydrogens (tertiary/aromatic N) is 2. The molecule has 0 atom stereocenters. The van der Waals surface area contributed by atoms with Crippen molar-refractivity contribution in [2.75, 3.05) is 13.7 Å². The number of hydrogen-bond donors (Lipinski definition) is 0. The summed E-state index contributed by atoms with van der Waals surface area (Å²) in [5.74, 6) is -1.20. The van der Waals surface area contributed by atoms with Gasteiger partial charge in [-0.3, -0.25) is 14.9 Å². The Morgan fingerprint density at radius 3 is 2.42 bits per heavy atom. The van der Waals surface area contributed by atoms with E-state index in [9.17, 15) is 19.7 Å². The van der Waals surface area contributed by atoms with Crippen LogP contribution in [0.5, 0.6) is 0 Å². The molecule has 0 radical (unpaired) electrons. The zero-order chi connectivity index (χ0) is 19.3. The van der Waals surface area contributed by atoms with Gasteiger partial charge in [-0.1, -0.05) is 41.4 Å². The molecule has 0 saturated carbocycles. The van der Waals surface area contributed by atoms with Crippen molar-refractivity contribution in [1.29, 1.82) is 0 Å². The molecule has 0 fully saturated rings. The van der Waals surface area contributed by atoms with Gasteiger partial charge in [0, 0.05) is 25.7 Å². The van der Waals surface area contributed by atoms with Crippen LogP contribution in [0.3, 0.4) is 0 Å². The van der Waals surface area contributed by atoms with E-state index in [4.69, 9.17) is 16.3 Å². The molecule has 2 rings (SSSR count). The van der Waals surface area contributed by atoms with Crippen LogP contribution in [0, 0.1) is 17.0 Å². The van der Waals surface area contributed by atoms with Crippen molar-refractivity contribution in [3.8, 4) is 0 Å². The average molecular weight is 377 g/mol. The fraction of sp³-hybridized carbons (Fsp3) is 0.222. The maximum absolute atomic E-state index is 12.1. The molecule has 0 saturated heterocycles. The normalized spacial score (nSPS) is 10.3. The molecule has 0 aliphatic carbocycles. The quantitative estimate of drug-likeness (QED) is 0.438. The van der Waals surface area contributed by atoms with Crippen molar-refractivity contribution in [1.82, 2.24) is 4.90 Å². The number of carbonyl (C=O) groups is 2. The van der Waals surface area contributed by atoms with Gasteiger partial charge in [-0.2, -0.15) is 0 Å². The summed E-state index contributed by atoms with van der Waals surface area (Å²) in [6.07, 6.45) is 0. The molecule has 26 heavy (non-hydrogen) atoms. The molecule has 1 amide bonds. The van der Waals surface area contributed by atoms with Crippen LogP contribution in [0.15, 0.2) is 42.5 Å². The Labute approximate surface area is 155 Å². The smallest absolute Gasteiger partial charge is 0.340 e. The minimum atomic E-state index is -0.818. The number of ether oxygens (including phenoxy) is 1. The van der Waals surface area contributed by atoms with Gasteiger partial charge in [0.1, 0.15) is 0 Å². The molecule has 7 nitrogen and oxygen atoms in total. The average Bonchev–Trinajstić information content (AvgIpc) is 2.61. The summed E-state index contributed by atoms with van der Waals surface area (Å²) in [6.45, 7) is 1.91. The molecule has 0 unspecified atom stereocenters. The molecule has 2 aromatic rings. The SMILES string of the molecule is Cc1ccc(CN(C)C(=O)COC(=O)c2ccc([N+](=O)[O-])cc2Cl)cc1. The minimum Gasteiger partial charge on any atom is -0.452 e. The maximum Gasteiger partial charge on any atom is 0.340 e. The van der Waals surface area contributed by atoms with E-state index >= 15 is 0 Å². The fourth-order valence-electron chi connectivity index (χ4n) is 2.15. The standard InChI is InChI=1S/C18H17ClN2O5/c1-12-3-5-13(6-4-12)10-20(2)17(22)11-26-18(23)15-8-7-14(21(24)25)9-16(15)19/h3-9H,10-11H2,1-2H3. The minimum absolute atomic E-state index is 0.0359. The molecule has 8 heteroatoms. The second kappa shape index (κ2) is 8.44. The summed E-state index contributed by atoms with van der Waals surface area (Å²) in [5.41, 5.74) is 1.81. The monoisotopic (exact) mass is 376 g/mol. The van der Waals surface area contributed by atoms with E-state index in [1.807, 2.05) is 31.2 Å². The van der Waals surface area contributed by atoms with Crippen LogP contribution in [-0.4, -0.2) is 35.4 Å². The lowest BCUT2D eigenvalue weighted by molar-refractivity contribution is -0.384. The van der Waals surface area contributed by atoms with Crippen molar-refractivity contribution in [2.45, 2.75) is 13.5 Å². The van der Waals surface area contributed by atoms with E-state index in [-0.39, 0.29) is 22.2 Å². The lowest BCUT2D eigenvalue weighted by Gasteiger charge is -2.17. The molecule has 0 N–H and O–H groups in total. The molecule has 2 aromatic carbocycles. The molecule has 0 aromatic heterocycles. The van der Waals surface area contributed by atoms with Gasteiger partial charge in [0.25, 0.3) is 11.6 Å². The predicted molar refractivity (Wildman–Crippen MR) is 96.0 cm³/mol. The van der Waals surface area contributed by atoms with Crippen molar-refractivity contribution >= 4 is 29.2 Å². The highest BCUT2D eigenvalue weighted by Gasteiger charge is 2.18. The molecular weight excluding hydrogens is 360 g/mol. The second-order valence-corrected chi connectivity index (χ2v) is 6.14. The zero-order valence-corrected chi connectivity index (χ0v) is 15.0. The number of aryl methyl sites for hydroxylation is 1. The number of hydrogen-bond acceptors (Lipinski definition) is 5. The number of esters is 1. The Morgan fingerprint density at radius 1 is 1.19 bits per heavy atom. The largest absolute Gasteiger partial charge is 0.452 e. The van der Waals surface area contributed by atoms with Crippen LogP contribution in [0.25, 0.3) is 0 Å². The lowest BCUT2D eigenvalue weighted by Crippen LogP contribution is -2.30. The predicted octanol–water partition coefficient (Wildman–Crippen LogP) is 3.37. The Bertz CT molecular complexity index is 836. The number of rotatable bonds is 6. The van der Waals surface area contributed by atoms with Crippen molar-refractivity contribution in [2.24, 2.45) is 0 Å². The number of likely N-dealkylation sites (N-methyl/N-ethyl adjacent to an activating group) is 1. The molecular formula is C18H17ClN2O5. The lowest BCUT2D eigenvalue weighted by atomic mass is 10.1. The number of nitro groups is 1. The topological polar surface area (TPSA) is 89.8 Å². The highest BCUT2D eigenvalue weighted by atomic mass is 35.5. The molecule has 0 bridgehead atoms. The molecule has 0 heterocycles. The Hall–Kier alpha value is -2.93. The third kappa shape index (κ3) is 5.03. The van der Waals surface area contributed by atoms with Crippen molar-refractivity contribution in [3.63, 3.8) is 0 Å². The van der Waals surface area contributed by atoms with E-state index in [1.165, 1.54) is 11.0 Å². The van der Waals surface area contributed by atoms with Crippen LogP contribution in [0.4, 0.5) is 5.69 Å². The van der Waals surface area contributed by atoms with Crippen LogP contribution >= 0.6 is 11.6 Å². The Balaban J connectivity index is 1.92. The molecule has 0 aliphatic heterocycles. The summed E-state index contributed by atoms with van der Waals surface area (Å²) >= 11 is 5.87. The summed E-state index contributed by atoms with van der Waals surface area (Å²) in [4.78, 5) is 35.6. The van der Waals surface area contributed by atoms with Gasteiger partial charge < -0.3 is 9.64 Å². The van der Waals surface area contributed by atoms with Crippen LogP contribution in [0.1, 0.15) is 21.5 Å². The van der Waals surface area contributed by atoms with Crippen molar-refractivity contribution < 1.29 is 19.2 Å². The van der Waals surface area contributed by atoms with Gasteiger partial charge in [-0.15, -0.1) is 0 Å². The van der Waals surface area contributed by atoms with E-state index in [0.717, 1.165) is 23.3 Å². The summed E-state index contributed by atoms with van der Waals surface area (Å²) in [6, 6.07) is 11.1. The van der Waals surface area contributed by atoms with E-state index in [2.05, 4.69) is 0 Å². The number of carbonyl (C=O) groups excluding carboxylic acids is 2. The highest BCUT2D eigenvalue weighted by Crippen LogP contribution is 2.23. The first-order valence-corrected chi connectivity index (χ1v) is 8.06. The summed E-state index contributed by atoms with van der Waals surface area (Å²) in [7, 11) is 1.61. The Morgan fingerprint density at radius 2 is 1.85 bits per heavy atom. The molecule has 0 spiro atoms. The molecule has 0 aliphatic rings. The van der Waals surface area contributed by atoms with E-state index in [1.54, 1.807) is 7.05 Å². The third-order valence-electron chi connectivity index (χ3n) is 3.68. The van der Waals surface area contributed by atoms with Crippen LogP contribution in [0.2, 0.25) is 5.02 Å². The number of nitro benzene ring substituents is 1. The highest BCUT2D eigenvalue weighted by molar-refractivity contribution is 6.33. The zero-order valence-electron chi connectivity index (χ0n) is 14.3. The first-order valence-electron chi connectivity index (χ1n) is 7.68. The van der Waals surface area contributed by atoms with Crippen LogP contribution < -0.4 is 0 Å². The third-order valence-corrected chi connectivity index (χ3v) is 3.99. The maximum atomic E-state index is 12.1. The Kier molecular flexibility index (Phi) is 6.30. The summed E-state index contributed by atoms with van der Waals surface area (Å²) in [5, 5.41) is 10.6. The van der Waals surface area contributed by atoms with Gasteiger partial charge in [-0.25, -0.2) is 4.79 Å². The van der Waals surface area contributed by atoms with E-state index in [0.29, 0.717) is 6.54 Å². The second-order valence-electron chi connectivity index (χ2n) is 5.73. The first kappa shape index (κ1) is 19.4. The van der Waals surface area contributed by atoms with Gasteiger partial charge >= 0.3 is 5.97 Å². The molecule has 136 valence electrons. The van der Waals surface area contributed by atoms with Crippen LogP contribution in [-0.2, 0) is 16.1 Å². The number of halogens is 1. The van der Waals surface area contributed by atoms with E-state index < -0.39 is 17.5 Å². The van der Waals surface area contributed by atoms with Gasteiger partial charge in [-0.05, 0) is 18.6 Å². The van der Waals surface area contributed by atoms with Crippen molar-refractivity contribution in [3.05, 3.63) is 74.3 Å². The van der Waals surface area contributed by atoms with Gasteiger partial charge in [0.15, 0.2) is 6.61 Å².